The van der Waals surface area contributed by atoms with Gasteiger partial charge in [-0.15, -0.1) is 0 Å². The Kier molecular flexibility index (Phi) is 6.56. The van der Waals surface area contributed by atoms with Crippen LogP contribution in [-0.2, 0) is 4.79 Å². The highest BCUT2D eigenvalue weighted by atomic mass is 35.5. The third-order valence-corrected chi connectivity index (χ3v) is 6.18. The number of thiocarbonyl (C=S) groups is 1. The van der Waals surface area contributed by atoms with E-state index in [9.17, 15) is 9.90 Å². The van der Waals surface area contributed by atoms with Gasteiger partial charge in [0.2, 0.25) is 0 Å². The zero-order chi connectivity index (χ0) is 20.3. The van der Waals surface area contributed by atoms with Crippen molar-refractivity contribution in [3.8, 4) is 0 Å². The number of benzene rings is 1. The van der Waals surface area contributed by atoms with E-state index in [1.54, 1.807) is 6.21 Å². The minimum Gasteiger partial charge on any atom is -0.511 e. The van der Waals surface area contributed by atoms with Crippen LogP contribution in [0.5, 0.6) is 0 Å². The molecule has 2 aliphatic rings. The van der Waals surface area contributed by atoms with Gasteiger partial charge in [0.1, 0.15) is 10.7 Å². The molecule has 0 saturated carbocycles. The van der Waals surface area contributed by atoms with Crippen LogP contribution >= 0.6 is 23.8 Å². The van der Waals surface area contributed by atoms with E-state index >= 15 is 0 Å². The Morgan fingerprint density at radius 2 is 2.07 bits per heavy atom. The fourth-order valence-electron chi connectivity index (χ4n) is 3.86. The first-order valence-electron chi connectivity index (χ1n) is 9.75. The number of aliphatic hydroxyl groups is 1. The molecule has 0 aromatic heterocycles. The lowest BCUT2D eigenvalue weighted by molar-refractivity contribution is -0.117. The van der Waals surface area contributed by atoms with E-state index in [4.69, 9.17) is 23.8 Å². The Bertz CT molecular complexity index is 824. The minimum atomic E-state index is -0.174. The Hall–Kier alpha value is -1.72. The third kappa shape index (κ3) is 5.21. The summed E-state index contributed by atoms with van der Waals surface area (Å²) in [5, 5.41) is 10.9. The minimum absolute atomic E-state index is 0.0146. The summed E-state index contributed by atoms with van der Waals surface area (Å²) in [6.07, 6.45) is 4.57. The summed E-state index contributed by atoms with van der Waals surface area (Å²) < 4.78 is 0. The molecule has 1 aliphatic heterocycles. The number of nitrogens with zero attached hydrogens (tertiary/aromatic N) is 2. The fourth-order valence-corrected chi connectivity index (χ4v) is 4.36. The second-order valence-corrected chi connectivity index (χ2v) is 9.36. The fraction of sp³-hybridized carbons (Fsp3) is 0.500. The molecule has 3 rings (SSSR count). The van der Waals surface area contributed by atoms with Gasteiger partial charge in [-0.05, 0) is 36.3 Å². The normalized spacial score (nSPS) is 20.8. The van der Waals surface area contributed by atoms with E-state index in [1.165, 1.54) is 0 Å². The van der Waals surface area contributed by atoms with Gasteiger partial charge in [-0.25, -0.2) is 0 Å². The average molecular weight is 419 g/mol. The number of ketones is 1. The molecule has 1 aromatic rings. The number of aliphatic hydroxyl groups excluding tert-OH is 1. The first-order valence-corrected chi connectivity index (χ1v) is 10.5. The zero-order valence-corrected chi connectivity index (χ0v) is 18.0. The van der Waals surface area contributed by atoms with Crippen LogP contribution in [0.25, 0.3) is 0 Å². The predicted octanol–water partition coefficient (Wildman–Crippen LogP) is 5.00. The maximum atomic E-state index is 12.2. The number of rotatable bonds is 4. The summed E-state index contributed by atoms with van der Waals surface area (Å²) in [7, 11) is 0. The van der Waals surface area contributed by atoms with Gasteiger partial charge in [-0.3, -0.25) is 9.79 Å². The Labute approximate surface area is 177 Å². The van der Waals surface area contributed by atoms with Crippen LogP contribution in [-0.4, -0.2) is 46.6 Å². The van der Waals surface area contributed by atoms with Gasteiger partial charge < -0.3 is 10.0 Å². The van der Waals surface area contributed by atoms with Crippen LogP contribution in [0.15, 0.2) is 40.6 Å². The monoisotopic (exact) mass is 418 g/mol. The van der Waals surface area contributed by atoms with Crippen LogP contribution in [0, 0.1) is 11.3 Å². The van der Waals surface area contributed by atoms with Crippen LogP contribution in [0.1, 0.15) is 45.1 Å². The van der Waals surface area contributed by atoms with Crippen LogP contribution < -0.4 is 0 Å². The van der Waals surface area contributed by atoms with Crippen LogP contribution in [0.4, 0.5) is 0 Å². The van der Waals surface area contributed by atoms with Crippen molar-refractivity contribution >= 4 is 40.8 Å². The number of carbonyl (C=O) groups is 1. The lowest BCUT2D eigenvalue weighted by atomic mass is 9.77. The zero-order valence-electron chi connectivity index (χ0n) is 16.4. The number of aliphatic imine (C=N–C) groups is 1. The lowest BCUT2D eigenvalue weighted by Crippen LogP contribution is -2.38. The number of hydrogen-bond acceptors (Lipinski definition) is 4. The highest BCUT2D eigenvalue weighted by Gasteiger charge is 2.32. The Morgan fingerprint density at radius 3 is 2.71 bits per heavy atom. The van der Waals surface area contributed by atoms with Crippen molar-refractivity contribution in [1.29, 1.82) is 0 Å². The van der Waals surface area contributed by atoms with Crippen LogP contribution in [0.3, 0.4) is 0 Å². The second kappa shape index (κ2) is 8.75. The van der Waals surface area contributed by atoms with Crippen molar-refractivity contribution in [2.24, 2.45) is 16.3 Å². The molecule has 1 fully saturated rings. The van der Waals surface area contributed by atoms with E-state index in [2.05, 4.69) is 9.89 Å². The standard InChI is InChI=1S/C22H27ClN2O2S/c1-22(2)11-19(26)18(20(27)12-22)14-24-13-15-6-8-25(9-7-15)21(28)16-4-3-5-17(23)10-16/h3-5,10,14-15,26H,6-9,11-13H2,1-2H3. The first-order chi connectivity index (χ1) is 13.2. The number of piperidine rings is 1. The van der Waals surface area contributed by atoms with Gasteiger partial charge in [0, 0.05) is 49.3 Å². The molecule has 4 nitrogen and oxygen atoms in total. The molecule has 1 heterocycles. The molecule has 1 saturated heterocycles. The maximum absolute atomic E-state index is 12.2. The smallest absolute Gasteiger partial charge is 0.168 e. The van der Waals surface area contributed by atoms with E-state index in [0.29, 0.717) is 35.9 Å². The van der Waals surface area contributed by atoms with Gasteiger partial charge in [0.15, 0.2) is 5.78 Å². The Balaban J connectivity index is 1.51. The summed E-state index contributed by atoms with van der Waals surface area (Å²) >= 11 is 11.7. The molecular formula is C22H27ClN2O2S. The Morgan fingerprint density at radius 1 is 1.36 bits per heavy atom. The molecular weight excluding hydrogens is 392 g/mol. The molecule has 0 radical (unpaired) electrons. The van der Waals surface area contributed by atoms with Gasteiger partial charge in [-0.2, -0.15) is 0 Å². The molecule has 6 heteroatoms. The number of allylic oxidation sites excluding steroid dienone is 2. The van der Waals surface area contributed by atoms with Gasteiger partial charge in [0.25, 0.3) is 0 Å². The molecule has 1 N–H and O–H groups in total. The van der Waals surface area contributed by atoms with Crippen molar-refractivity contribution in [2.75, 3.05) is 19.6 Å². The highest BCUT2D eigenvalue weighted by Crippen LogP contribution is 2.35. The number of likely N-dealkylation sites (tertiary alicyclic amines) is 1. The van der Waals surface area contributed by atoms with Crippen molar-refractivity contribution < 1.29 is 9.90 Å². The summed E-state index contributed by atoms with van der Waals surface area (Å²) in [5.74, 6) is 0.624. The first kappa shape index (κ1) is 21.0. The van der Waals surface area contributed by atoms with Gasteiger partial charge in [-0.1, -0.05) is 49.8 Å². The highest BCUT2D eigenvalue weighted by molar-refractivity contribution is 7.80. The molecule has 0 atom stereocenters. The number of hydrogen-bond donors (Lipinski definition) is 1. The molecule has 1 aromatic carbocycles. The van der Waals surface area contributed by atoms with E-state index in [-0.39, 0.29) is 17.0 Å². The summed E-state index contributed by atoms with van der Waals surface area (Å²) in [6, 6.07) is 7.67. The lowest BCUT2D eigenvalue weighted by Gasteiger charge is -2.33. The molecule has 150 valence electrons. The van der Waals surface area contributed by atoms with Crippen molar-refractivity contribution in [1.82, 2.24) is 4.90 Å². The van der Waals surface area contributed by atoms with Gasteiger partial charge >= 0.3 is 0 Å². The number of carbonyl (C=O) groups excluding carboxylic acids is 1. The molecule has 0 amide bonds. The van der Waals surface area contributed by atoms with Crippen LogP contribution in [0.2, 0.25) is 5.02 Å². The summed E-state index contributed by atoms with van der Waals surface area (Å²) in [5.41, 5.74) is 1.20. The largest absolute Gasteiger partial charge is 0.511 e. The van der Waals surface area contributed by atoms with E-state index in [0.717, 1.165) is 36.5 Å². The predicted molar refractivity (Wildman–Crippen MR) is 118 cm³/mol. The van der Waals surface area contributed by atoms with Crippen molar-refractivity contribution in [3.63, 3.8) is 0 Å². The molecule has 0 spiro atoms. The second-order valence-electron chi connectivity index (χ2n) is 8.54. The molecule has 1 aliphatic carbocycles. The maximum Gasteiger partial charge on any atom is 0.168 e. The van der Waals surface area contributed by atoms with Crippen molar-refractivity contribution in [3.05, 3.63) is 46.2 Å². The SMILES string of the molecule is CC1(C)CC(=O)C(C=NCC2CCN(C(=S)c3cccc(Cl)c3)CC2)=C(O)C1. The number of halogens is 1. The average Bonchev–Trinajstić information content (AvgIpc) is 2.63. The molecule has 28 heavy (non-hydrogen) atoms. The quantitative estimate of drug-likeness (QED) is 0.552. The molecule has 0 bridgehead atoms. The van der Waals surface area contributed by atoms with E-state index in [1.807, 2.05) is 38.1 Å². The van der Waals surface area contributed by atoms with E-state index < -0.39 is 0 Å². The topological polar surface area (TPSA) is 52.9 Å². The van der Waals surface area contributed by atoms with Gasteiger partial charge in [0.05, 0.1) is 5.57 Å². The summed E-state index contributed by atoms with van der Waals surface area (Å²) in [4.78, 5) is 19.8. The summed E-state index contributed by atoms with van der Waals surface area (Å²) in [6.45, 7) is 6.46. The third-order valence-electron chi connectivity index (χ3n) is 5.45. The molecule has 0 unspecified atom stereocenters. The van der Waals surface area contributed by atoms with Crippen molar-refractivity contribution in [2.45, 2.75) is 39.5 Å². The number of Topliss-reactive ketones (excluding diaryl/α,β-unsaturated/α-hetero) is 1.